The molecule has 0 aromatic heterocycles. The summed E-state index contributed by atoms with van der Waals surface area (Å²) in [6.07, 6.45) is 0.319. The van der Waals surface area contributed by atoms with E-state index >= 15 is 0 Å². The Morgan fingerprint density at radius 2 is 2.20 bits per heavy atom. The Labute approximate surface area is 87.5 Å². The highest BCUT2D eigenvalue weighted by molar-refractivity contribution is 5.70. The maximum Gasteiger partial charge on any atom is 0.307 e. The van der Waals surface area contributed by atoms with Gasteiger partial charge in [-0.3, -0.25) is 4.79 Å². The highest BCUT2D eigenvalue weighted by Crippen LogP contribution is 2.24. The van der Waals surface area contributed by atoms with Gasteiger partial charge < -0.3 is 9.84 Å². The van der Waals surface area contributed by atoms with Gasteiger partial charge in [-0.2, -0.15) is 0 Å². The first kappa shape index (κ1) is 11.5. The van der Waals surface area contributed by atoms with E-state index in [1.807, 2.05) is 6.92 Å². The average Bonchev–Trinajstić information content (AvgIpc) is 2.15. The number of halogens is 1. The van der Waals surface area contributed by atoms with Gasteiger partial charge in [0, 0.05) is 5.56 Å². The number of hydrogen-bond donors (Lipinski definition) is 1. The molecule has 82 valence electrons. The molecule has 1 aromatic rings. The van der Waals surface area contributed by atoms with Crippen LogP contribution in [0.1, 0.15) is 18.1 Å². The van der Waals surface area contributed by atoms with Crippen LogP contribution in [0.15, 0.2) is 12.1 Å². The summed E-state index contributed by atoms with van der Waals surface area (Å²) in [5.74, 6) is -0.984. The molecule has 1 rings (SSSR count). The largest absolute Gasteiger partial charge is 0.496 e. The van der Waals surface area contributed by atoms with Gasteiger partial charge in [0.05, 0.1) is 13.5 Å². The van der Waals surface area contributed by atoms with E-state index in [4.69, 9.17) is 9.84 Å². The fourth-order valence-electron chi connectivity index (χ4n) is 1.47. The van der Waals surface area contributed by atoms with E-state index in [9.17, 15) is 9.18 Å². The Kier molecular flexibility index (Phi) is 3.66. The second-order valence-corrected chi connectivity index (χ2v) is 3.18. The van der Waals surface area contributed by atoms with Gasteiger partial charge >= 0.3 is 5.97 Å². The number of rotatable bonds is 4. The Bertz CT molecular complexity index is 374. The number of carboxylic acids is 1. The first-order valence-electron chi connectivity index (χ1n) is 4.65. The molecule has 0 fully saturated rings. The maximum atomic E-state index is 13.5. The van der Waals surface area contributed by atoms with Crippen LogP contribution >= 0.6 is 0 Å². The van der Waals surface area contributed by atoms with Gasteiger partial charge in [0.2, 0.25) is 0 Å². The first-order valence-corrected chi connectivity index (χ1v) is 4.65. The number of methoxy groups -OCH3 is 1. The summed E-state index contributed by atoms with van der Waals surface area (Å²) >= 11 is 0. The molecule has 0 unspecified atom stereocenters. The Balaban J connectivity index is 3.13. The summed E-state index contributed by atoms with van der Waals surface area (Å²) in [4.78, 5) is 10.5. The van der Waals surface area contributed by atoms with Crippen molar-refractivity contribution in [1.29, 1.82) is 0 Å². The quantitative estimate of drug-likeness (QED) is 0.830. The minimum absolute atomic E-state index is 0.197. The van der Waals surface area contributed by atoms with Crippen LogP contribution in [0.2, 0.25) is 0 Å². The number of carbonyl (C=O) groups is 1. The SMILES string of the molecule is CCc1c(F)cc(CC(=O)O)cc1OC. The van der Waals surface area contributed by atoms with Crippen LogP contribution in [-0.2, 0) is 17.6 Å². The third-order valence-corrected chi connectivity index (χ3v) is 2.14. The topological polar surface area (TPSA) is 46.5 Å². The zero-order valence-corrected chi connectivity index (χ0v) is 8.71. The van der Waals surface area contributed by atoms with Crippen molar-refractivity contribution < 1.29 is 19.0 Å². The Hall–Kier alpha value is -1.58. The van der Waals surface area contributed by atoms with Crippen LogP contribution in [0.3, 0.4) is 0 Å². The van der Waals surface area contributed by atoms with E-state index in [2.05, 4.69) is 0 Å². The van der Waals surface area contributed by atoms with E-state index in [1.54, 1.807) is 6.07 Å². The summed E-state index contributed by atoms with van der Waals surface area (Å²) in [6, 6.07) is 2.81. The molecule has 1 aromatic carbocycles. The average molecular weight is 212 g/mol. The van der Waals surface area contributed by atoms with Crippen molar-refractivity contribution in [3.8, 4) is 5.75 Å². The molecule has 0 radical (unpaired) electrons. The van der Waals surface area contributed by atoms with Crippen LogP contribution in [0.4, 0.5) is 4.39 Å². The molecule has 0 saturated carbocycles. The highest BCUT2D eigenvalue weighted by Gasteiger charge is 2.11. The smallest absolute Gasteiger partial charge is 0.307 e. The van der Waals surface area contributed by atoms with Crippen molar-refractivity contribution in [1.82, 2.24) is 0 Å². The van der Waals surface area contributed by atoms with E-state index in [-0.39, 0.29) is 6.42 Å². The van der Waals surface area contributed by atoms with E-state index < -0.39 is 11.8 Å². The molecule has 0 bridgehead atoms. The highest BCUT2D eigenvalue weighted by atomic mass is 19.1. The van der Waals surface area contributed by atoms with Gasteiger partial charge in [-0.05, 0) is 24.1 Å². The van der Waals surface area contributed by atoms with Gasteiger partial charge in [-0.1, -0.05) is 6.92 Å². The summed E-state index contributed by atoms with van der Waals surface area (Å²) in [5, 5.41) is 8.58. The number of hydrogen-bond acceptors (Lipinski definition) is 2. The molecule has 15 heavy (non-hydrogen) atoms. The van der Waals surface area contributed by atoms with Crippen molar-refractivity contribution in [3.63, 3.8) is 0 Å². The lowest BCUT2D eigenvalue weighted by molar-refractivity contribution is -0.136. The molecule has 0 atom stereocenters. The Morgan fingerprint density at radius 3 is 2.67 bits per heavy atom. The third-order valence-electron chi connectivity index (χ3n) is 2.14. The minimum atomic E-state index is -0.985. The second-order valence-electron chi connectivity index (χ2n) is 3.18. The van der Waals surface area contributed by atoms with Gasteiger partial charge in [0.25, 0.3) is 0 Å². The summed E-state index contributed by atoms with van der Waals surface area (Å²) in [7, 11) is 1.44. The van der Waals surface area contributed by atoms with Crippen molar-refractivity contribution in [2.45, 2.75) is 19.8 Å². The zero-order valence-electron chi connectivity index (χ0n) is 8.71. The van der Waals surface area contributed by atoms with E-state index in [0.717, 1.165) is 0 Å². The predicted octanol–water partition coefficient (Wildman–Crippen LogP) is 2.02. The van der Waals surface area contributed by atoms with Crippen LogP contribution in [0.5, 0.6) is 5.75 Å². The molecular formula is C11H13FO3. The molecular weight excluding hydrogens is 199 g/mol. The second kappa shape index (κ2) is 4.77. The molecule has 0 heterocycles. The zero-order chi connectivity index (χ0) is 11.4. The minimum Gasteiger partial charge on any atom is -0.496 e. The van der Waals surface area contributed by atoms with Crippen molar-refractivity contribution in [2.24, 2.45) is 0 Å². The van der Waals surface area contributed by atoms with Gasteiger partial charge in [0.15, 0.2) is 0 Å². The lowest BCUT2D eigenvalue weighted by Gasteiger charge is -2.09. The van der Waals surface area contributed by atoms with Gasteiger partial charge in [-0.15, -0.1) is 0 Å². The van der Waals surface area contributed by atoms with Gasteiger partial charge in [-0.25, -0.2) is 4.39 Å². The van der Waals surface area contributed by atoms with E-state index in [0.29, 0.717) is 23.3 Å². The first-order chi connectivity index (χ1) is 7.08. The van der Waals surface area contributed by atoms with Crippen molar-refractivity contribution in [2.75, 3.05) is 7.11 Å². The molecule has 0 saturated heterocycles. The molecule has 4 heteroatoms. The molecule has 0 spiro atoms. The number of benzene rings is 1. The predicted molar refractivity (Wildman–Crippen MR) is 53.7 cm³/mol. The maximum absolute atomic E-state index is 13.5. The van der Waals surface area contributed by atoms with E-state index in [1.165, 1.54) is 13.2 Å². The van der Waals surface area contributed by atoms with Crippen LogP contribution in [0, 0.1) is 5.82 Å². The lowest BCUT2D eigenvalue weighted by Crippen LogP contribution is -2.03. The molecule has 0 aliphatic rings. The standard InChI is InChI=1S/C11H13FO3/c1-3-8-9(12)4-7(6-11(13)14)5-10(8)15-2/h4-5H,3,6H2,1-2H3,(H,13,14). The van der Waals surface area contributed by atoms with Crippen LogP contribution < -0.4 is 4.74 Å². The number of ether oxygens (including phenoxy) is 1. The molecule has 1 N–H and O–H groups in total. The van der Waals surface area contributed by atoms with Gasteiger partial charge in [0.1, 0.15) is 11.6 Å². The van der Waals surface area contributed by atoms with Crippen LogP contribution in [-0.4, -0.2) is 18.2 Å². The Morgan fingerprint density at radius 1 is 1.53 bits per heavy atom. The third kappa shape index (κ3) is 2.68. The molecule has 0 aliphatic carbocycles. The van der Waals surface area contributed by atoms with Crippen molar-refractivity contribution >= 4 is 5.97 Å². The molecule has 0 aliphatic heterocycles. The number of aliphatic carboxylic acids is 1. The summed E-state index contributed by atoms with van der Waals surface area (Å²) < 4.78 is 18.5. The number of carboxylic acid groups (broad SMARTS) is 1. The molecule has 0 amide bonds. The fraction of sp³-hybridized carbons (Fsp3) is 0.364. The normalized spacial score (nSPS) is 10.1. The monoisotopic (exact) mass is 212 g/mol. The summed E-state index contributed by atoms with van der Waals surface area (Å²) in [6.45, 7) is 1.82. The van der Waals surface area contributed by atoms with Crippen LogP contribution in [0.25, 0.3) is 0 Å². The van der Waals surface area contributed by atoms with Crippen molar-refractivity contribution in [3.05, 3.63) is 29.1 Å². The molecule has 3 nitrogen and oxygen atoms in total. The summed E-state index contributed by atoms with van der Waals surface area (Å²) in [5.41, 5.74) is 0.890. The lowest BCUT2D eigenvalue weighted by atomic mass is 10.1. The fourth-order valence-corrected chi connectivity index (χ4v) is 1.47.